The van der Waals surface area contributed by atoms with E-state index >= 15 is 0 Å². The summed E-state index contributed by atoms with van der Waals surface area (Å²) in [4.78, 5) is 13.9. The molecule has 0 radical (unpaired) electrons. The van der Waals surface area contributed by atoms with Crippen LogP contribution in [0.5, 0.6) is 0 Å². The van der Waals surface area contributed by atoms with E-state index in [0.29, 0.717) is 11.1 Å². The fourth-order valence-electron chi connectivity index (χ4n) is 1.07. The normalized spacial score (nSPS) is 10.5. The van der Waals surface area contributed by atoms with Crippen LogP contribution in [0.25, 0.3) is 11.1 Å². The summed E-state index contributed by atoms with van der Waals surface area (Å²) in [5.74, 6) is 0. The Morgan fingerprint density at radius 1 is 1.54 bits per heavy atom. The molecule has 0 bridgehead atoms. The second-order valence-corrected chi connectivity index (χ2v) is 3.21. The average Bonchev–Trinajstić information content (AvgIpc) is 2.42. The summed E-state index contributed by atoms with van der Waals surface area (Å²) in [6, 6.07) is 4.86. The Balaban J connectivity index is 2.74. The van der Waals surface area contributed by atoms with Crippen LogP contribution in [-0.4, -0.2) is 10.2 Å². The number of benzene rings is 1. The van der Waals surface area contributed by atoms with Gasteiger partial charge in [0.05, 0.1) is 5.52 Å². The van der Waals surface area contributed by atoms with Gasteiger partial charge in [-0.25, -0.2) is 0 Å². The third-order valence-corrected chi connectivity index (χ3v) is 2.05. The monoisotopic (exact) mass is 213 g/mol. The van der Waals surface area contributed by atoms with Crippen molar-refractivity contribution in [2.24, 2.45) is 0 Å². The number of halogens is 1. The summed E-state index contributed by atoms with van der Waals surface area (Å²) >= 11 is 10.1. The zero-order chi connectivity index (χ0) is 9.42. The van der Waals surface area contributed by atoms with Gasteiger partial charge in [0.15, 0.2) is 5.58 Å². The largest absolute Gasteiger partial charge is 0.429 e. The summed E-state index contributed by atoms with van der Waals surface area (Å²) in [6.45, 7) is 0. The number of hydrogen-bond donors (Lipinski definition) is 1. The molecule has 0 amide bonds. The van der Waals surface area contributed by atoms with Crippen molar-refractivity contribution in [3.63, 3.8) is 0 Å². The summed E-state index contributed by atoms with van der Waals surface area (Å²) in [6.07, 6.45) is 0. The lowest BCUT2D eigenvalue weighted by molar-refractivity contribution is 0.108. The molecule has 66 valence electrons. The molecule has 1 aromatic carbocycles. The Labute approximate surface area is 83.3 Å². The molecule has 2 rings (SSSR count). The fourth-order valence-corrected chi connectivity index (χ4v) is 1.38. The lowest BCUT2D eigenvalue weighted by Crippen LogP contribution is -1.86. The maximum atomic E-state index is 10.8. The molecule has 0 saturated carbocycles. The number of nitrogens with one attached hydrogen (secondary N) is 1. The highest BCUT2D eigenvalue weighted by Crippen LogP contribution is 2.16. The minimum Gasteiger partial charge on any atom is -0.429 e. The molecule has 0 atom stereocenters. The van der Waals surface area contributed by atoms with Gasteiger partial charge >= 0.3 is 0 Å². The lowest BCUT2D eigenvalue weighted by atomic mass is 10.2. The number of oxazole rings is 1. The van der Waals surface area contributed by atoms with Crippen molar-refractivity contribution in [2.45, 2.75) is 0 Å². The summed E-state index contributed by atoms with van der Waals surface area (Å²) in [5, 5.41) is -0.510. The SMILES string of the molecule is O=C(Cl)c1ccc2[nH]c(=S)oc2c1. The molecule has 1 heterocycles. The van der Waals surface area contributed by atoms with Gasteiger partial charge in [-0.2, -0.15) is 0 Å². The average molecular weight is 214 g/mol. The number of carbonyl (C=O) groups is 1. The van der Waals surface area contributed by atoms with Crippen molar-refractivity contribution in [2.75, 3.05) is 0 Å². The van der Waals surface area contributed by atoms with Crippen molar-refractivity contribution in [1.82, 2.24) is 4.98 Å². The number of fused-ring (bicyclic) bond motifs is 1. The number of aromatic nitrogens is 1. The number of hydrogen-bond acceptors (Lipinski definition) is 3. The quantitative estimate of drug-likeness (QED) is 0.585. The van der Waals surface area contributed by atoms with Crippen LogP contribution in [0.2, 0.25) is 0 Å². The molecule has 0 saturated heterocycles. The number of H-pyrrole nitrogens is 1. The molecule has 1 aromatic heterocycles. The number of rotatable bonds is 1. The van der Waals surface area contributed by atoms with Gasteiger partial charge in [-0.1, -0.05) is 0 Å². The fraction of sp³-hybridized carbons (Fsp3) is 0. The molecule has 5 heteroatoms. The standard InChI is InChI=1S/C8H4ClNO2S/c9-7(11)4-1-2-5-6(3-4)12-8(13)10-5/h1-3H,(H,10,13). The van der Waals surface area contributed by atoms with Crippen molar-refractivity contribution in [3.8, 4) is 0 Å². The molecular weight excluding hydrogens is 210 g/mol. The van der Waals surface area contributed by atoms with E-state index in [1.165, 1.54) is 0 Å². The smallest absolute Gasteiger partial charge is 0.266 e. The van der Waals surface area contributed by atoms with Crippen LogP contribution in [0.1, 0.15) is 10.4 Å². The van der Waals surface area contributed by atoms with Crippen LogP contribution in [-0.2, 0) is 0 Å². The van der Waals surface area contributed by atoms with Gasteiger partial charge in [0.25, 0.3) is 10.1 Å². The summed E-state index contributed by atoms with van der Waals surface area (Å²) < 4.78 is 5.11. The predicted molar refractivity (Wildman–Crippen MR) is 51.6 cm³/mol. The third kappa shape index (κ3) is 1.50. The molecule has 0 unspecified atom stereocenters. The molecule has 0 aliphatic rings. The second kappa shape index (κ2) is 2.97. The van der Waals surface area contributed by atoms with E-state index in [9.17, 15) is 4.79 Å². The second-order valence-electron chi connectivity index (χ2n) is 2.50. The molecule has 0 aliphatic carbocycles. The highest BCUT2D eigenvalue weighted by atomic mass is 35.5. The van der Waals surface area contributed by atoms with Gasteiger partial charge in [-0.15, -0.1) is 0 Å². The summed E-state index contributed by atoms with van der Waals surface area (Å²) in [7, 11) is 0. The third-order valence-electron chi connectivity index (χ3n) is 1.65. The van der Waals surface area contributed by atoms with Crippen molar-refractivity contribution in [1.29, 1.82) is 0 Å². The van der Waals surface area contributed by atoms with E-state index in [1.54, 1.807) is 18.2 Å². The van der Waals surface area contributed by atoms with Crippen LogP contribution in [0.4, 0.5) is 0 Å². The lowest BCUT2D eigenvalue weighted by Gasteiger charge is -1.91. The van der Waals surface area contributed by atoms with Crippen molar-refractivity contribution < 1.29 is 9.21 Å². The Kier molecular flexibility index (Phi) is 1.94. The Morgan fingerprint density at radius 3 is 3.00 bits per heavy atom. The number of carbonyl (C=O) groups excluding carboxylic acids is 1. The van der Waals surface area contributed by atoms with E-state index in [2.05, 4.69) is 4.98 Å². The van der Waals surface area contributed by atoms with E-state index in [-0.39, 0.29) is 4.84 Å². The van der Waals surface area contributed by atoms with Crippen LogP contribution >= 0.6 is 23.8 Å². The van der Waals surface area contributed by atoms with Crippen molar-refractivity contribution in [3.05, 3.63) is 28.6 Å². The molecule has 3 nitrogen and oxygen atoms in total. The highest BCUT2D eigenvalue weighted by molar-refractivity contribution is 7.71. The molecule has 13 heavy (non-hydrogen) atoms. The van der Waals surface area contributed by atoms with Crippen LogP contribution in [0.15, 0.2) is 22.6 Å². The molecule has 0 aliphatic heterocycles. The van der Waals surface area contributed by atoms with Crippen LogP contribution in [0, 0.1) is 4.84 Å². The topological polar surface area (TPSA) is 46.0 Å². The van der Waals surface area contributed by atoms with Crippen LogP contribution < -0.4 is 0 Å². The minimum absolute atomic E-state index is 0.286. The predicted octanol–water partition coefficient (Wildman–Crippen LogP) is 2.87. The number of aromatic amines is 1. The van der Waals surface area contributed by atoms with E-state index in [4.69, 9.17) is 28.2 Å². The van der Waals surface area contributed by atoms with Crippen LogP contribution in [0.3, 0.4) is 0 Å². The van der Waals surface area contributed by atoms with Gasteiger partial charge in [0.1, 0.15) is 0 Å². The molecular formula is C8H4ClNO2S. The first kappa shape index (κ1) is 8.47. The molecule has 1 N–H and O–H groups in total. The summed E-state index contributed by atoms with van der Waals surface area (Å²) in [5.41, 5.74) is 1.69. The van der Waals surface area contributed by atoms with Gasteiger partial charge in [-0.3, -0.25) is 4.79 Å². The Morgan fingerprint density at radius 2 is 2.31 bits per heavy atom. The van der Waals surface area contributed by atoms with Gasteiger partial charge in [0.2, 0.25) is 0 Å². The first-order valence-corrected chi connectivity index (χ1v) is 4.28. The zero-order valence-electron chi connectivity index (χ0n) is 6.33. The Hall–Kier alpha value is -1.13. The van der Waals surface area contributed by atoms with Gasteiger partial charge in [-0.05, 0) is 42.0 Å². The molecule has 0 fully saturated rings. The van der Waals surface area contributed by atoms with Gasteiger partial charge in [0, 0.05) is 5.56 Å². The Bertz CT molecular complexity index is 528. The maximum absolute atomic E-state index is 10.8. The van der Waals surface area contributed by atoms with Gasteiger partial charge < -0.3 is 9.40 Å². The van der Waals surface area contributed by atoms with Crippen molar-refractivity contribution >= 4 is 40.2 Å². The van der Waals surface area contributed by atoms with E-state index in [1.807, 2.05) is 0 Å². The molecule has 2 aromatic rings. The molecule has 0 spiro atoms. The minimum atomic E-state index is -0.510. The first-order valence-electron chi connectivity index (χ1n) is 3.49. The van der Waals surface area contributed by atoms with E-state index in [0.717, 1.165) is 5.52 Å². The maximum Gasteiger partial charge on any atom is 0.266 e. The highest BCUT2D eigenvalue weighted by Gasteiger charge is 2.04. The zero-order valence-corrected chi connectivity index (χ0v) is 7.91. The first-order chi connectivity index (χ1) is 6.16. The van der Waals surface area contributed by atoms with E-state index < -0.39 is 5.24 Å².